The molecule has 2 atom stereocenters. The van der Waals surface area contributed by atoms with E-state index < -0.39 is 9.84 Å². The molecule has 1 N–H and O–H groups in total. The molecule has 0 bridgehead atoms. The van der Waals surface area contributed by atoms with Gasteiger partial charge in [-0.05, 0) is 13.8 Å². The lowest BCUT2D eigenvalue weighted by Gasteiger charge is -2.27. The quantitative estimate of drug-likeness (QED) is 0.754. The van der Waals surface area contributed by atoms with Crippen molar-refractivity contribution >= 4 is 15.7 Å². The minimum absolute atomic E-state index is 0.0180. The zero-order valence-electron chi connectivity index (χ0n) is 11.4. The largest absolute Gasteiger partial charge is 0.342 e. The number of nitrogens with one attached hydrogen (secondary N) is 1. The molecule has 1 fully saturated rings. The van der Waals surface area contributed by atoms with Gasteiger partial charge in [-0.1, -0.05) is 0 Å². The van der Waals surface area contributed by atoms with Crippen molar-refractivity contribution in [2.24, 2.45) is 5.92 Å². The Hall–Kier alpha value is -1.13. The normalized spacial score (nSPS) is 23.3. The second-order valence-corrected chi connectivity index (χ2v) is 7.16. The van der Waals surface area contributed by atoms with E-state index in [0.717, 1.165) is 0 Å². The Kier molecular flexibility index (Phi) is 5.76. The van der Waals surface area contributed by atoms with Crippen molar-refractivity contribution in [3.8, 4) is 6.07 Å². The molecule has 6 nitrogen and oxygen atoms in total. The van der Waals surface area contributed by atoms with E-state index in [2.05, 4.69) is 11.4 Å². The summed E-state index contributed by atoms with van der Waals surface area (Å²) < 4.78 is 23.0. The van der Waals surface area contributed by atoms with Crippen LogP contribution in [0.2, 0.25) is 0 Å². The fourth-order valence-corrected chi connectivity index (χ4v) is 3.56. The molecule has 1 heterocycles. The molecule has 0 saturated carbocycles. The molecule has 0 aromatic carbocycles. The number of carbonyl (C=O) groups excluding carboxylic acids is 1. The van der Waals surface area contributed by atoms with Crippen LogP contribution < -0.4 is 5.32 Å². The van der Waals surface area contributed by atoms with Gasteiger partial charge in [0.25, 0.3) is 0 Å². The van der Waals surface area contributed by atoms with Crippen LogP contribution in [0.4, 0.5) is 0 Å². The molecule has 7 heteroatoms. The number of nitriles is 1. The van der Waals surface area contributed by atoms with Crippen molar-refractivity contribution in [1.82, 2.24) is 10.2 Å². The molecule has 0 aromatic heterocycles. The summed E-state index contributed by atoms with van der Waals surface area (Å²) in [5.74, 6) is -0.156. The highest BCUT2D eigenvalue weighted by Gasteiger charge is 2.27. The van der Waals surface area contributed by atoms with Crippen molar-refractivity contribution in [2.45, 2.75) is 26.3 Å². The van der Waals surface area contributed by atoms with Gasteiger partial charge in [-0.2, -0.15) is 5.26 Å². The highest BCUT2D eigenvalue weighted by molar-refractivity contribution is 7.91. The van der Waals surface area contributed by atoms with Crippen LogP contribution in [0.1, 0.15) is 20.3 Å². The number of rotatable bonds is 5. The van der Waals surface area contributed by atoms with Gasteiger partial charge in [0.1, 0.15) is 0 Å². The van der Waals surface area contributed by atoms with Crippen LogP contribution in [0.15, 0.2) is 0 Å². The highest BCUT2D eigenvalue weighted by atomic mass is 32.2. The molecular weight excluding hydrogens is 266 g/mol. The van der Waals surface area contributed by atoms with Crippen LogP contribution in [0.5, 0.6) is 0 Å². The maximum atomic E-state index is 12.1. The minimum Gasteiger partial charge on any atom is -0.342 e. The Morgan fingerprint density at radius 2 is 2.26 bits per heavy atom. The second kappa shape index (κ2) is 6.87. The third-order valence-corrected chi connectivity index (χ3v) is 4.91. The molecule has 0 radical (unpaired) electrons. The van der Waals surface area contributed by atoms with E-state index in [1.165, 1.54) is 0 Å². The van der Waals surface area contributed by atoms with E-state index in [4.69, 9.17) is 5.26 Å². The van der Waals surface area contributed by atoms with Crippen molar-refractivity contribution in [3.63, 3.8) is 0 Å². The molecule has 1 saturated heterocycles. The number of carbonyl (C=O) groups is 1. The third-order valence-electron chi connectivity index (χ3n) is 3.17. The minimum atomic E-state index is -3.02. The summed E-state index contributed by atoms with van der Waals surface area (Å²) in [5.41, 5.74) is 0. The van der Waals surface area contributed by atoms with Crippen LogP contribution in [0.3, 0.4) is 0 Å². The molecule has 108 valence electrons. The molecule has 19 heavy (non-hydrogen) atoms. The first-order chi connectivity index (χ1) is 8.88. The standard InChI is InChI=1S/C12H21N3O3S/c1-3-15(8-10(2)7-13)12(16)6-11-9-19(17,18)5-4-14-11/h10-11,14H,3-6,8-9H2,1-2H3. The zero-order chi connectivity index (χ0) is 14.5. The van der Waals surface area contributed by atoms with Crippen LogP contribution in [0.25, 0.3) is 0 Å². The number of sulfone groups is 1. The van der Waals surface area contributed by atoms with Gasteiger partial charge in [0.05, 0.1) is 23.5 Å². The topological polar surface area (TPSA) is 90.3 Å². The van der Waals surface area contributed by atoms with E-state index in [9.17, 15) is 13.2 Å². The van der Waals surface area contributed by atoms with Crippen molar-refractivity contribution < 1.29 is 13.2 Å². The molecule has 0 aliphatic carbocycles. The summed E-state index contributed by atoms with van der Waals surface area (Å²) in [7, 11) is -3.02. The predicted octanol–water partition coefficient (Wildman–Crippen LogP) is -0.229. The third kappa shape index (κ3) is 5.17. The van der Waals surface area contributed by atoms with Gasteiger partial charge >= 0.3 is 0 Å². The maximum Gasteiger partial charge on any atom is 0.224 e. The smallest absolute Gasteiger partial charge is 0.224 e. The monoisotopic (exact) mass is 287 g/mol. The Balaban J connectivity index is 2.55. The Labute approximate surface area is 114 Å². The maximum absolute atomic E-state index is 12.1. The first kappa shape index (κ1) is 15.9. The molecule has 2 unspecified atom stereocenters. The lowest BCUT2D eigenvalue weighted by atomic mass is 10.1. The van der Waals surface area contributed by atoms with Crippen molar-refractivity contribution in [3.05, 3.63) is 0 Å². The first-order valence-electron chi connectivity index (χ1n) is 6.49. The molecule has 1 aliphatic rings. The Morgan fingerprint density at radius 1 is 1.58 bits per heavy atom. The van der Waals surface area contributed by atoms with E-state index in [0.29, 0.717) is 19.6 Å². The molecule has 1 amide bonds. The second-order valence-electron chi connectivity index (χ2n) is 4.93. The first-order valence-corrected chi connectivity index (χ1v) is 8.31. The Bertz CT molecular complexity index is 455. The summed E-state index contributed by atoms with van der Waals surface area (Å²) in [4.78, 5) is 13.7. The molecule has 1 aliphatic heterocycles. The van der Waals surface area contributed by atoms with Gasteiger partial charge in [0.2, 0.25) is 5.91 Å². The Morgan fingerprint density at radius 3 is 2.79 bits per heavy atom. The number of hydrogen-bond acceptors (Lipinski definition) is 5. The summed E-state index contributed by atoms with van der Waals surface area (Å²) in [6.45, 7) is 4.95. The fraction of sp³-hybridized carbons (Fsp3) is 0.833. The predicted molar refractivity (Wildman–Crippen MR) is 72.1 cm³/mol. The van der Waals surface area contributed by atoms with Crippen LogP contribution in [-0.2, 0) is 14.6 Å². The van der Waals surface area contributed by atoms with Gasteiger partial charge in [-0.15, -0.1) is 0 Å². The van der Waals surface area contributed by atoms with Gasteiger partial charge in [0.15, 0.2) is 9.84 Å². The van der Waals surface area contributed by atoms with E-state index >= 15 is 0 Å². The highest BCUT2D eigenvalue weighted by Crippen LogP contribution is 2.08. The lowest BCUT2D eigenvalue weighted by Crippen LogP contribution is -2.48. The van der Waals surface area contributed by atoms with Crippen molar-refractivity contribution in [1.29, 1.82) is 5.26 Å². The average molecular weight is 287 g/mol. The SMILES string of the molecule is CCN(CC(C)C#N)C(=O)CC1CS(=O)(=O)CCN1. The molecule has 0 spiro atoms. The summed E-state index contributed by atoms with van der Waals surface area (Å²) in [6.07, 6.45) is 0.172. The van der Waals surface area contributed by atoms with E-state index in [1.807, 2.05) is 6.92 Å². The van der Waals surface area contributed by atoms with Crippen LogP contribution in [-0.4, -0.2) is 56.4 Å². The van der Waals surface area contributed by atoms with E-state index in [1.54, 1.807) is 11.8 Å². The zero-order valence-corrected chi connectivity index (χ0v) is 12.2. The average Bonchev–Trinajstić information content (AvgIpc) is 2.34. The van der Waals surface area contributed by atoms with Gasteiger partial charge in [-0.3, -0.25) is 4.79 Å². The number of nitrogens with zero attached hydrogens (tertiary/aromatic N) is 2. The van der Waals surface area contributed by atoms with Crippen LogP contribution in [0, 0.1) is 17.2 Å². The van der Waals surface area contributed by atoms with Gasteiger partial charge in [-0.25, -0.2) is 8.42 Å². The van der Waals surface area contributed by atoms with Gasteiger partial charge in [0, 0.05) is 32.1 Å². The van der Waals surface area contributed by atoms with Crippen LogP contribution >= 0.6 is 0 Å². The molecule has 0 aromatic rings. The lowest BCUT2D eigenvalue weighted by molar-refractivity contribution is -0.131. The van der Waals surface area contributed by atoms with Crippen molar-refractivity contribution in [2.75, 3.05) is 31.1 Å². The molecular formula is C12H21N3O3S. The fourth-order valence-electron chi connectivity index (χ4n) is 2.12. The number of hydrogen-bond donors (Lipinski definition) is 1. The molecule has 1 rings (SSSR count). The van der Waals surface area contributed by atoms with E-state index in [-0.39, 0.29) is 35.8 Å². The summed E-state index contributed by atoms with van der Waals surface area (Å²) >= 11 is 0. The summed E-state index contributed by atoms with van der Waals surface area (Å²) in [6, 6.07) is 1.79. The number of amides is 1. The van der Waals surface area contributed by atoms with Gasteiger partial charge < -0.3 is 10.2 Å². The summed E-state index contributed by atoms with van der Waals surface area (Å²) in [5, 5.41) is 11.8.